The lowest BCUT2D eigenvalue weighted by Gasteiger charge is -2.40. The first-order valence-corrected chi connectivity index (χ1v) is 10.1. The number of benzene rings is 1. The van der Waals surface area contributed by atoms with E-state index in [1.165, 1.54) is 18.4 Å². The van der Waals surface area contributed by atoms with Crippen LogP contribution in [0.1, 0.15) is 56.9 Å². The van der Waals surface area contributed by atoms with Gasteiger partial charge in [0.15, 0.2) is 5.66 Å². The third-order valence-corrected chi connectivity index (χ3v) is 6.26. The van der Waals surface area contributed by atoms with Gasteiger partial charge < -0.3 is 5.32 Å². The Morgan fingerprint density at radius 3 is 2.70 bits per heavy atom. The van der Waals surface area contributed by atoms with Gasteiger partial charge in [0.2, 0.25) is 5.91 Å². The minimum absolute atomic E-state index is 0.129. The molecule has 27 heavy (non-hydrogen) atoms. The molecule has 0 aromatic heterocycles. The van der Waals surface area contributed by atoms with Crippen molar-refractivity contribution in [1.82, 2.24) is 10.2 Å². The molecule has 1 spiro atoms. The van der Waals surface area contributed by atoms with Crippen molar-refractivity contribution in [2.75, 3.05) is 6.54 Å². The third-order valence-electron chi connectivity index (χ3n) is 6.26. The lowest BCUT2D eigenvalue weighted by atomic mass is 9.93. The van der Waals surface area contributed by atoms with Gasteiger partial charge in [-0.25, -0.2) is 0 Å². The summed E-state index contributed by atoms with van der Waals surface area (Å²) in [7, 11) is 0. The molecule has 2 heterocycles. The summed E-state index contributed by atoms with van der Waals surface area (Å²) in [5, 5.41) is 11.5. The molecule has 1 aliphatic carbocycles. The van der Waals surface area contributed by atoms with Crippen LogP contribution in [0.3, 0.4) is 0 Å². The van der Waals surface area contributed by atoms with E-state index >= 15 is 0 Å². The van der Waals surface area contributed by atoms with Crippen molar-refractivity contribution in [2.24, 2.45) is 10.2 Å². The van der Waals surface area contributed by atoms with Crippen LogP contribution in [0.5, 0.6) is 0 Å². The maximum absolute atomic E-state index is 12.4. The standard InChI is InChI=1S/C22H28N4O/c1-2-3-11-22(24-25-22)12-9-20(27)23-19-10-15-26(21(16-19)13-14-21)17-18-7-5-4-6-8-18/h1,4-8,19H,3,9-17H2,(H,23,27). The van der Waals surface area contributed by atoms with Crippen LogP contribution in [0.4, 0.5) is 0 Å². The predicted molar refractivity (Wildman–Crippen MR) is 105 cm³/mol. The van der Waals surface area contributed by atoms with Crippen LogP contribution in [0.15, 0.2) is 40.6 Å². The van der Waals surface area contributed by atoms with E-state index in [0.717, 1.165) is 32.4 Å². The fraction of sp³-hybridized carbons (Fsp3) is 0.591. The van der Waals surface area contributed by atoms with Gasteiger partial charge in [0.25, 0.3) is 0 Å². The molecule has 142 valence electrons. The van der Waals surface area contributed by atoms with Gasteiger partial charge in [-0.15, -0.1) is 12.3 Å². The molecular formula is C22H28N4O. The van der Waals surface area contributed by atoms with Crippen LogP contribution >= 0.6 is 0 Å². The number of terminal acetylenes is 1. The maximum atomic E-state index is 12.4. The zero-order valence-electron chi connectivity index (χ0n) is 15.9. The van der Waals surface area contributed by atoms with E-state index in [9.17, 15) is 4.79 Å². The highest BCUT2D eigenvalue weighted by molar-refractivity contribution is 5.76. The normalized spacial score (nSPS) is 24.3. The number of carbonyl (C=O) groups is 1. The average Bonchev–Trinajstić information content (AvgIpc) is 3.60. The van der Waals surface area contributed by atoms with Crippen molar-refractivity contribution in [1.29, 1.82) is 0 Å². The lowest BCUT2D eigenvalue weighted by Crippen LogP contribution is -2.51. The predicted octanol–water partition coefficient (Wildman–Crippen LogP) is 3.66. The van der Waals surface area contributed by atoms with Crippen LogP contribution in [0.25, 0.3) is 0 Å². The van der Waals surface area contributed by atoms with Crippen molar-refractivity contribution < 1.29 is 4.79 Å². The number of likely N-dealkylation sites (tertiary alicyclic amines) is 1. The summed E-state index contributed by atoms with van der Waals surface area (Å²) in [6, 6.07) is 11.0. The van der Waals surface area contributed by atoms with Crippen molar-refractivity contribution >= 4 is 5.91 Å². The van der Waals surface area contributed by atoms with Crippen LogP contribution < -0.4 is 5.32 Å². The van der Waals surface area contributed by atoms with Crippen LogP contribution in [0.2, 0.25) is 0 Å². The van der Waals surface area contributed by atoms with Gasteiger partial charge in [-0.1, -0.05) is 30.3 Å². The Balaban J connectivity index is 1.24. The Hall–Kier alpha value is -2.19. The van der Waals surface area contributed by atoms with Gasteiger partial charge in [0, 0.05) is 50.4 Å². The molecule has 2 fully saturated rings. The quantitative estimate of drug-likeness (QED) is 0.716. The number of piperidine rings is 1. The van der Waals surface area contributed by atoms with Gasteiger partial charge in [-0.3, -0.25) is 9.69 Å². The molecule has 1 unspecified atom stereocenters. The smallest absolute Gasteiger partial charge is 0.220 e. The van der Waals surface area contributed by atoms with E-state index in [0.29, 0.717) is 30.8 Å². The highest BCUT2D eigenvalue weighted by Crippen LogP contribution is 2.49. The van der Waals surface area contributed by atoms with Gasteiger partial charge >= 0.3 is 0 Å². The van der Waals surface area contributed by atoms with E-state index < -0.39 is 0 Å². The Kier molecular flexibility index (Phi) is 5.01. The molecule has 0 radical (unpaired) electrons. The molecule has 0 bridgehead atoms. The number of amides is 1. The molecule has 3 aliphatic rings. The van der Waals surface area contributed by atoms with Crippen molar-refractivity contribution in [3.63, 3.8) is 0 Å². The van der Waals surface area contributed by atoms with Crippen LogP contribution in [-0.2, 0) is 11.3 Å². The second-order valence-corrected chi connectivity index (χ2v) is 8.28. The Morgan fingerprint density at radius 1 is 1.26 bits per heavy atom. The molecule has 1 N–H and O–H groups in total. The summed E-state index contributed by atoms with van der Waals surface area (Å²) in [5.74, 6) is 2.76. The van der Waals surface area contributed by atoms with Gasteiger partial charge in [0.1, 0.15) is 0 Å². The molecule has 1 aromatic rings. The summed E-state index contributed by atoms with van der Waals surface area (Å²) < 4.78 is 0. The molecular weight excluding hydrogens is 336 g/mol. The third kappa shape index (κ3) is 4.39. The topological polar surface area (TPSA) is 57.1 Å². The number of nitrogens with one attached hydrogen (secondary N) is 1. The number of hydrogen-bond acceptors (Lipinski definition) is 4. The minimum Gasteiger partial charge on any atom is -0.353 e. The molecule has 5 nitrogen and oxygen atoms in total. The fourth-order valence-corrected chi connectivity index (χ4v) is 4.36. The molecule has 1 amide bonds. The summed E-state index contributed by atoms with van der Waals surface area (Å²) in [6.07, 6.45) is 12.5. The zero-order chi connectivity index (χ0) is 18.7. The van der Waals surface area contributed by atoms with E-state index in [1.807, 2.05) is 0 Å². The molecule has 1 aromatic carbocycles. The molecule has 2 aliphatic heterocycles. The van der Waals surface area contributed by atoms with E-state index in [2.05, 4.69) is 56.7 Å². The number of nitrogens with zero attached hydrogens (tertiary/aromatic N) is 3. The highest BCUT2D eigenvalue weighted by Gasteiger charge is 2.51. The van der Waals surface area contributed by atoms with Gasteiger partial charge in [-0.2, -0.15) is 10.2 Å². The largest absolute Gasteiger partial charge is 0.353 e. The number of carbonyl (C=O) groups excluding carboxylic acids is 1. The Labute approximate surface area is 161 Å². The second-order valence-electron chi connectivity index (χ2n) is 8.28. The van der Waals surface area contributed by atoms with Crippen LogP contribution in [-0.4, -0.2) is 34.6 Å². The minimum atomic E-state index is -0.361. The SMILES string of the molecule is C#CCCC1(CCC(=O)NC2CCN(Cc3ccccc3)C3(CC3)C2)N=N1. The molecule has 4 rings (SSSR count). The summed E-state index contributed by atoms with van der Waals surface area (Å²) in [5.41, 5.74) is 1.32. The van der Waals surface area contributed by atoms with Crippen molar-refractivity contribution in [3.8, 4) is 12.3 Å². The Morgan fingerprint density at radius 2 is 2.04 bits per heavy atom. The molecule has 1 saturated heterocycles. The van der Waals surface area contributed by atoms with Gasteiger partial charge in [-0.05, 0) is 31.2 Å². The number of rotatable bonds is 8. The summed E-state index contributed by atoms with van der Waals surface area (Å²) in [4.78, 5) is 15.0. The monoisotopic (exact) mass is 364 g/mol. The maximum Gasteiger partial charge on any atom is 0.220 e. The first kappa shape index (κ1) is 18.2. The first-order valence-electron chi connectivity index (χ1n) is 10.1. The zero-order valence-corrected chi connectivity index (χ0v) is 15.9. The fourth-order valence-electron chi connectivity index (χ4n) is 4.36. The molecule has 1 saturated carbocycles. The summed E-state index contributed by atoms with van der Waals surface area (Å²) >= 11 is 0. The lowest BCUT2D eigenvalue weighted by molar-refractivity contribution is -0.122. The second kappa shape index (κ2) is 7.44. The van der Waals surface area contributed by atoms with E-state index in [4.69, 9.17) is 6.42 Å². The summed E-state index contributed by atoms with van der Waals surface area (Å²) in [6.45, 7) is 2.07. The highest BCUT2D eigenvalue weighted by atomic mass is 16.1. The van der Waals surface area contributed by atoms with Crippen molar-refractivity contribution in [2.45, 2.75) is 75.2 Å². The van der Waals surface area contributed by atoms with Gasteiger partial charge in [0.05, 0.1) is 0 Å². The molecule has 5 heteroatoms. The average molecular weight is 364 g/mol. The van der Waals surface area contributed by atoms with Crippen molar-refractivity contribution in [3.05, 3.63) is 35.9 Å². The van der Waals surface area contributed by atoms with E-state index in [1.54, 1.807) is 0 Å². The van der Waals surface area contributed by atoms with E-state index in [-0.39, 0.29) is 11.6 Å². The number of hydrogen-bond donors (Lipinski definition) is 1. The molecule has 1 atom stereocenters. The Bertz CT molecular complexity index is 741. The van der Waals surface area contributed by atoms with Crippen LogP contribution in [0, 0.1) is 12.3 Å². The first-order chi connectivity index (χ1) is 13.1.